The second kappa shape index (κ2) is 4.23. The average Bonchev–Trinajstić information content (AvgIpc) is 2.09. The zero-order chi connectivity index (χ0) is 11.6. The van der Waals surface area contributed by atoms with E-state index in [9.17, 15) is 9.90 Å². The zero-order valence-corrected chi connectivity index (χ0v) is 10.5. The minimum absolute atomic E-state index is 0.0456. The summed E-state index contributed by atoms with van der Waals surface area (Å²) in [6.07, 6.45) is 0. The highest BCUT2D eigenvalue weighted by atomic mass is 79.9. The number of carbonyl (C=O) groups excluding carboxylic acids is 1. The third-order valence-electron chi connectivity index (χ3n) is 1.74. The number of hydrogen-bond acceptors (Lipinski definition) is 3. The first-order valence-electron chi connectivity index (χ1n) is 4.51. The molecule has 0 heterocycles. The Labute approximate surface area is 97.2 Å². The summed E-state index contributed by atoms with van der Waals surface area (Å²) in [5.41, 5.74) is -0.589. The van der Waals surface area contributed by atoms with Crippen LogP contribution in [0.2, 0.25) is 0 Å². The van der Waals surface area contributed by atoms with Gasteiger partial charge in [0.1, 0.15) is 0 Å². The van der Waals surface area contributed by atoms with E-state index < -0.39 is 5.41 Å². The summed E-state index contributed by atoms with van der Waals surface area (Å²) in [6.45, 7) is 5.26. The Morgan fingerprint density at radius 2 is 2.00 bits per heavy atom. The van der Waals surface area contributed by atoms with Crippen molar-refractivity contribution in [3.05, 3.63) is 22.7 Å². The molecule has 1 rings (SSSR count). The van der Waals surface area contributed by atoms with Crippen LogP contribution in [0.15, 0.2) is 22.7 Å². The highest BCUT2D eigenvalue weighted by Gasteiger charge is 2.24. The summed E-state index contributed by atoms with van der Waals surface area (Å²) in [6, 6.07) is 4.69. The lowest BCUT2D eigenvalue weighted by atomic mass is 9.97. The lowest BCUT2D eigenvalue weighted by molar-refractivity contribution is -0.143. The molecule has 0 spiro atoms. The lowest BCUT2D eigenvalue weighted by Crippen LogP contribution is -2.25. The van der Waals surface area contributed by atoms with Gasteiger partial charge in [-0.05, 0) is 39.0 Å². The van der Waals surface area contributed by atoms with Gasteiger partial charge in [-0.3, -0.25) is 4.79 Å². The highest BCUT2D eigenvalue weighted by molar-refractivity contribution is 9.10. The van der Waals surface area contributed by atoms with Gasteiger partial charge in [-0.1, -0.05) is 15.9 Å². The van der Waals surface area contributed by atoms with E-state index in [4.69, 9.17) is 4.74 Å². The second-order valence-electron chi connectivity index (χ2n) is 4.25. The van der Waals surface area contributed by atoms with Gasteiger partial charge < -0.3 is 9.84 Å². The molecule has 0 unspecified atom stereocenters. The van der Waals surface area contributed by atoms with Gasteiger partial charge in [-0.2, -0.15) is 0 Å². The first-order valence-corrected chi connectivity index (χ1v) is 5.31. The maximum Gasteiger partial charge on any atom is 0.316 e. The minimum Gasteiger partial charge on any atom is -0.504 e. The van der Waals surface area contributed by atoms with E-state index in [0.29, 0.717) is 0 Å². The van der Waals surface area contributed by atoms with E-state index in [1.807, 2.05) is 0 Å². The fraction of sp³-hybridized carbons (Fsp3) is 0.364. The molecule has 82 valence electrons. The fourth-order valence-corrected chi connectivity index (χ4v) is 1.16. The summed E-state index contributed by atoms with van der Waals surface area (Å²) < 4.78 is 5.82. The van der Waals surface area contributed by atoms with Crippen molar-refractivity contribution in [2.75, 3.05) is 0 Å². The molecule has 0 saturated heterocycles. The molecule has 0 amide bonds. The van der Waals surface area contributed by atoms with Crippen molar-refractivity contribution in [2.24, 2.45) is 5.41 Å². The number of aromatic hydroxyl groups is 1. The maximum absolute atomic E-state index is 11.5. The van der Waals surface area contributed by atoms with Crippen molar-refractivity contribution in [1.29, 1.82) is 0 Å². The van der Waals surface area contributed by atoms with Crippen molar-refractivity contribution in [3.63, 3.8) is 0 Å². The largest absolute Gasteiger partial charge is 0.504 e. The molecule has 0 aromatic heterocycles. The van der Waals surface area contributed by atoms with Gasteiger partial charge in [0.05, 0.1) is 5.41 Å². The molecular formula is C11H13BrO3. The van der Waals surface area contributed by atoms with Crippen LogP contribution < -0.4 is 4.74 Å². The molecule has 4 heteroatoms. The molecule has 0 aliphatic rings. The molecule has 1 aromatic carbocycles. The molecular weight excluding hydrogens is 260 g/mol. The Balaban J connectivity index is 2.90. The predicted molar refractivity (Wildman–Crippen MR) is 60.9 cm³/mol. The number of benzene rings is 1. The molecule has 0 atom stereocenters. The Hall–Kier alpha value is -1.03. The van der Waals surface area contributed by atoms with Crippen molar-refractivity contribution in [3.8, 4) is 11.5 Å². The van der Waals surface area contributed by atoms with Crippen LogP contribution >= 0.6 is 15.9 Å². The minimum atomic E-state index is -0.589. The number of phenols is 1. The number of hydrogen-bond donors (Lipinski definition) is 1. The normalized spacial score (nSPS) is 11.2. The van der Waals surface area contributed by atoms with E-state index in [1.165, 1.54) is 6.07 Å². The molecule has 15 heavy (non-hydrogen) atoms. The van der Waals surface area contributed by atoms with Gasteiger partial charge in [0.15, 0.2) is 11.5 Å². The van der Waals surface area contributed by atoms with Crippen LogP contribution in [0, 0.1) is 5.41 Å². The van der Waals surface area contributed by atoms with Crippen LogP contribution in [0.4, 0.5) is 0 Å². The first-order chi connectivity index (χ1) is 6.80. The molecule has 0 bridgehead atoms. The summed E-state index contributed by atoms with van der Waals surface area (Å²) in [5, 5.41) is 9.45. The average molecular weight is 273 g/mol. The predicted octanol–water partition coefficient (Wildman–Crippen LogP) is 3.11. The first kappa shape index (κ1) is 12.0. The summed E-state index contributed by atoms with van der Waals surface area (Å²) in [4.78, 5) is 11.5. The molecule has 0 radical (unpaired) electrons. The Kier molecular flexibility index (Phi) is 3.39. The summed E-state index contributed by atoms with van der Waals surface area (Å²) in [5.74, 6) is -0.254. The van der Waals surface area contributed by atoms with Gasteiger partial charge in [0.25, 0.3) is 0 Å². The molecule has 0 aliphatic heterocycles. The molecule has 3 nitrogen and oxygen atoms in total. The number of carbonyl (C=O) groups is 1. The summed E-state index contributed by atoms with van der Waals surface area (Å²) in [7, 11) is 0. The third kappa shape index (κ3) is 3.23. The van der Waals surface area contributed by atoms with Gasteiger partial charge in [-0.15, -0.1) is 0 Å². The van der Waals surface area contributed by atoms with Crippen molar-refractivity contribution in [2.45, 2.75) is 20.8 Å². The van der Waals surface area contributed by atoms with Crippen LogP contribution in [0.3, 0.4) is 0 Å². The smallest absolute Gasteiger partial charge is 0.316 e. The SMILES string of the molecule is CC(C)(C)C(=O)Oc1cc(Br)ccc1O. The van der Waals surface area contributed by atoms with Crippen LogP contribution in [-0.2, 0) is 4.79 Å². The monoisotopic (exact) mass is 272 g/mol. The zero-order valence-electron chi connectivity index (χ0n) is 8.87. The molecule has 0 aliphatic carbocycles. The quantitative estimate of drug-likeness (QED) is 0.631. The van der Waals surface area contributed by atoms with E-state index in [2.05, 4.69) is 15.9 Å². The third-order valence-corrected chi connectivity index (χ3v) is 2.23. The van der Waals surface area contributed by atoms with E-state index >= 15 is 0 Å². The van der Waals surface area contributed by atoms with Crippen molar-refractivity contribution >= 4 is 21.9 Å². The number of phenolic OH excluding ortho intramolecular Hbond substituents is 1. The standard InChI is InChI=1S/C11H13BrO3/c1-11(2,3)10(14)15-9-6-7(12)4-5-8(9)13/h4-6,13H,1-3H3. The highest BCUT2D eigenvalue weighted by Crippen LogP contribution is 2.30. The Morgan fingerprint density at radius 1 is 1.40 bits per heavy atom. The molecule has 1 aromatic rings. The van der Waals surface area contributed by atoms with Gasteiger partial charge in [0, 0.05) is 4.47 Å². The van der Waals surface area contributed by atoms with Crippen molar-refractivity contribution < 1.29 is 14.6 Å². The molecule has 0 fully saturated rings. The maximum atomic E-state index is 11.5. The number of rotatable bonds is 1. The molecule has 1 N–H and O–H groups in total. The van der Waals surface area contributed by atoms with Crippen LogP contribution in [-0.4, -0.2) is 11.1 Å². The summed E-state index contributed by atoms with van der Waals surface area (Å²) >= 11 is 3.23. The van der Waals surface area contributed by atoms with Crippen molar-refractivity contribution in [1.82, 2.24) is 0 Å². The number of ether oxygens (including phenoxy) is 1. The fourth-order valence-electron chi connectivity index (χ4n) is 0.823. The van der Waals surface area contributed by atoms with Gasteiger partial charge in [0.2, 0.25) is 0 Å². The van der Waals surface area contributed by atoms with Crippen LogP contribution in [0.1, 0.15) is 20.8 Å². The van der Waals surface area contributed by atoms with Gasteiger partial charge >= 0.3 is 5.97 Å². The van der Waals surface area contributed by atoms with Crippen LogP contribution in [0.25, 0.3) is 0 Å². The number of esters is 1. The van der Waals surface area contributed by atoms with E-state index in [0.717, 1.165) is 4.47 Å². The van der Waals surface area contributed by atoms with E-state index in [1.54, 1.807) is 32.9 Å². The topological polar surface area (TPSA) is 46.5 Å². The van der Waals surface area contributed by atoms with Crippen LogP contribution in [0.5, 0.6) is 11.5 Å². The second-order valence-corrected chi connectivity index (χ2v) is 5.17. The lowest BCUT2D eigenvalue weighted by Gasteiger charge is -2.16. The molecule has 0 saturated carbocycles. The number of halogens is 1. The van der Waals surface area contributed by atoms with Gasteiger partial charge in [-0.25, -0.2) is 0 Å². The Morgan fingerprint density at radius 3 is 2.53 bits per heavy atom. The Bertz CT molecular complexity index is 380. The van der Waals surface area contributed by atoms with E-state index in [-0.39, 0.29) is 17.5 Å².